The molecule has 3 rings (SSSR count). The van der Waals surface area contributed by atoms with E-state index in [1.54, 1.807) is 6.20 Å². The molecular formula is C15H24ClFN4O. The minimum absolute atomic E-state index is 0. The number of hydrogen-bond acceptors (Lipinski definition) is 3. The van der Waals surface area contributed by atoms with Crippen LogP contribution in [0.2, 0.25) is 0 Å². The molecule has 0 radical (unpaired) electrons. The molecule has 2 heterocycles. The molecule has 124 valence electrons. The summed E-state index contributed by atoms with van der Waals surface area (Å²) in [5, 5.41) is 13.0. The predicted molar refractivity (Wildman–Crippen MR) is 85.3 cm³/mol. The molecule has 0 spiro atoms. The van der Waals surface area contributed by atoms with Crippen LogP contribution >= 0.6 is 12.4 Å². The highest BCUT2D eigenvalue weighted by molar-refractivity contribution is 5.95. The van der Waals surface area contributed by atoms with Crippen molar-refractivity contribution in [1.82, 2.24) is 20.8 Å². The van der Waals surface area contributed by atoms with Crippen molar-refractivity contribution in [2.45, 2.75) is 56.7 Å². The van der Waals surface area contributed by atoms with Crippen molar-refractivity contribution in [3.63, 3.8) is 0 Å². The first kappa shape index (κ1) is 17.2. The van der Waals surface area contributed by atoms with Gasteiger partial charge in [-0.3, -0.25) is 9.89 Å². The van der Waals surface area contributed by atoms with Gasteiger partial charge in [0.25, 0.3) is 5.91 Å². The molecule has 1 saturated heterocycles. The maximum absolute atomic E-state index is 13.1. The van der Waals surface area contributed by atoms with E-state index >= 15 is 0 Å². The van der Waals surface area contributed by atoms with Gasteiger partial charge < -0.3 is 10.6 Å². The number of aromatic nitrogens is 2. The van der Waals surface area contributed by atoms with Crippen LogP contribution in [-0.2, 0) is 0 Å². The average molecular weight is 331 g/mol. The van der Waals surface area contributed by atoms with Gasteiger partial charge in [-0.2, -0.15) is 5.10 Å². The first-order valence-electron chi connectivity index (χ1n) is 7.93. The molecule has 0 unspecified atom stereocenters. The molecule has 0 bridgehead atoms. The van der Waals surface area contributed by atoms with Crippen molar-refractivity contribution in [3.8, 4) is 0 Å². The number of amides is 1. The molecule has 1 aromatic heterocycles. The quantitative estimate of drug-likeness (QED) is 0.793. The Morgan fingerprint density at radius 2 is 2.14 bits per heavy atom. The summed E-state index contributed by atoms with van der Waals surface area (Å²) in [7, 11) is 0. The molecule has 1 saturated carbocycles. The van der Waals surface area contributed by atoms with Gasteiger partial charge in [0.1, 0.15) is 6.17 Å². The molecule has 5 nitrogen and oxygen atoms in total. The maximum Gasteiger partial charge on any atom is 0.254 e. The number of carbonyl (C=O) groups excluding carboxylic acids is 1. The van der Waals surface area contributed by atoms with Gasteiger partial charge in [-0.1, -0.05) is 19.3 Å². The van der Waals surface area contributed by atoms with Crippen LogP contribution < -0.4 is 10.6 Å². The maximum atomic E-state index is 13.1. The van der Waals surface area contributed by atoms with Crippen LogP contribution in [0.1, 0.15) is 60.5 Å². The van der Waals surface area contributed by atoms with Crippen LogP contribution in [0.3, 0.4) is 0 Å². The standard InChI is InChI=1S/C15H23FN4O.ClH/c16-11-6-12(17-7-11)8-18-15(21)13-9-19-20-14(13)10-4-2-1-3-5-10;/h9-12,17H,1-8H2,(H,18,21)(H,19,20);1H/t11-,12-;/m0./s1. The van der Waals surface area contributed by atoms with Gasteiger partial charge in [0.05, 0.1) is 17.5 Å². The Morgan fingerprint density at radius 3 is 2.82 bits per heavy atom. The van der Waals surface area contributed by atoms with Crippen LogP contribution in [0.5, 0.6) is 0 Å². The molecule has 1 aliphatic carbocycles. The smallest absolute Gasteiger partial charge is 0.254 e. The second-order valence-corrected chi connectivity index (χ2v) is 6.18. The number of aromatic amines is 1. The third-order valence-corrected chi connectivity index (χ3v) is 4.60. The van der Waals surface area contributed by atoms with Crippen molar-refractivity contribution < 1.29 is 9.18 Å². The molecule has 3 N–H and O–H groups in total. The van der Waals surface area contributed by atoms with E-state index in [1.165, 1.54) is 19.3 Å². The number of H-pyrrole nitrogens is 1. The Kier molecular flexibility index (Phi) is 6.20. The number of nitrogens with one attached hydrogen (secondary N) is 3. The summed E-state index contributed by atoms with van der Waals surface area (Å²) in [6.07, 6.45) is 7.25. The zero-order valence-corrected chi connectivity index (χ0v) is 13.4. The van der Waals surface area contributed by atoms with Gasteiger partial charge in [0.2, 0.25) is 0 Å². The van der Waals surface area contributed by atoms with E-state index in [1.807, 2.05) is 0 Å². The van der Waals surface area contributed by atoms with Crippen molar-refractivity contribution in [3.05, 3.63) is 17.5 Å². The summed E-state index contributed by atoms with van der Waals surface area (Å²) >= 11 is 0. The second-order valence-electron chi connectivity index (χ2n) is 6.18. The lowest BCUT2D eigenvalue weighted by Crippen LogP contribution is -2.37. The highest BCUT2D eigenvalue weighted by atomic mass is 35.5. The minimum Gasteiger partial charge on any atom is -0.350 e. The largest absolute Gasteiger partial charge is 0.350 e. The number of halogens is 2. The van der Waals surface area contributed by atoms with Gasteiger partial charge in [0, 0.05) is 25.0 Å². The third-order valence-electron chi connectivity index (χ3n) is 4.60. The molecule has 1 aromatic rings. The molecule has 1 amide bonds. The number of hydrogen-bond donors (Lipinski definition) is 3. The lowest BCUT2D eigenvalue weighted by atomic mass is 9.85. The van der Waals surface area contributed by atoms with Crippen LogP contribution in [-0.4, -0.2) is 41.4 Å². The van der Waals surface area contributed by atoms with E-state index in [2.05, 4.69) is 20.8 Å². The summed E-state index contributed by atoms with van der Waals surface area (Å²) < 4.78 is 13.1. The van der Waals surface area contributed by atoms with Gasteiger partial charge in [-0.25, -0.2) is 4.39 Å². The van der Waals surface area contributed by atoms with Crippen molar-refractivity contribution in [1.29, 1.82) is 0 Å². The zero-order chi connectivity index (χ0) is 14.7. The van der Waals surface area contributed by atoms with E-state index in [-0.39, 0.29) is 24.4 Å². The molecular weight excluding hydrogens is 307 g/mol. The molecule has 2 atom stereocenters. The Balaban J connectivity index is 0.00000176. The van der Waals surface area contributed by atoms with Crippen molar-refractivity contribution >= 4 is 18.3 Å². The topological polar surface area (TPSA) is 69.8 Å². The summed E-state index contributed by atoms with van der Waals surface area (Å²) in [4.78, 5) is 12.3. The zero-order valence-electron chi connectivity index (χ0n) is 12.6. The van der Waals surface area contributed by atoms with E-state index in [4.69, 9.17) is 0 Å². The Bertz CT molecular complexity index is 490. The van der Waals surface area contributed by atoms with Crippen LogP contribution in [0, 0.1) is 0 Å². The van der Waals surface area contributed by atoms with Crippen molar-refractivity contribution in [2.75, 3.05) is 13.1 Å². The number of carbonyl (C=O) groups is 1. The number of rotatable bonds is 4. The first-order chi connectivity index (χ1) is 10.2. The Labute approximate surface area is 136 Å². The SMILES string of the molecule is Cl.O=C(NC[C@@H]1C[C@H](F)CN1)c1cn[nH]c1C1CCCCC1. The number of alkyl halides is 1. The fourth-order valence-electron chi connectivity index (χ4n) is 3.42. The molecule has 0 aromatic carbocycles. The van der Waals surface area contributed by atoms with Crippen LogP contribution in [0.25, 0.3) is 0 Å². The normalized spacial score (nSPS) is 25.7. The molecule has 7 heteroatoms. The van der Waals surface area contributed by atoms with E-state index in [9.17, 15) is 9.18 Å². The lowest BCUT2D eigenvalue weighted by molar-refractivity contribution is 0.0948. The van der Waals surface area contributed by atoms with E-state index in [0.29, 0.717) is 31.0 Å². The number of nitrogens with zero attached hydrogens (tertiary/aromatic N) is 1. The lowest BCUT2D eigenvalue weighted by Gasteiger charge is -2.21. The van der Waals surface area contributed by atoms with Gasteiger partial charge in [-0.05, 0) is 19.3 Å². The summed E-state index contributed by atoms with van der Waals surface area (Å²) in [6.45, 7) is 0.855. The highest BCUT2D eigenvalue weighted by Gasteiger charge is 2.26. The van der Waals surface area contributed by atoms with Gasteiger partial charge >= 0.3 is 0 Å². The van der Waals surface area contributed by atoms with Gasteiger partial charge in [-0.15, -0.1) is 12.4 Å². The van der Waals surface area contributed by atoms with Crippen molar-refractivity contribution in [2.24, 2.45) is 0 Å². The fraction of sp³-hybridized carbons (Fsp3) is 0.733. The predicted octanol–water partition coefficient (Wildman–Crippen LogP) is 2.31. The summed E-state index contributed by atoms with van der Waals surface area (Å²) in [6, 6.07) is 0.0361. The first-order valence-corrected chi connectivity index (χ1v) is 7.93. The second kappa shape index (κ2) is 7.92. The van der Waals surface area contributed by atoms with E-state index in [0.717, 1.165) is 18.5 Å². The monoisotopic (exact) mass is 330 g/mol. The minimum atomic E-state index is -0.793. The molecule has 22 heavy (non-hydrogen) atoms. The summed E-state index contributed by atoms with van der Waals surface area (Å²) in [5.74, 6) is 0.315. The average Bonchev–Trinajstić information content (AvgIpc) is 3.14. The fourth-order valence-corrected chi connectivity index (χ4v) is 3.42. The van der Waals surface area contributed by atoms with Crippen LogP contribution in [0.15, 0.2) is 6.20 Å². The molecule has 2 fully saturated rings. The third kappa shape index (κ3) is 3.98. The Hall–Kier alpha value is -1.14. The molecule has 1 aliphatic heterocycles. The van der Waals surface area contributed by atoms with Gasteiger partial charge in [0.15, 0.2) is 0 Å². The van der Waals surface area contributed by atoms with Crippen LogP contribution in [0.4, 0.5) is 4.39 Å². The summed E-state index contributed by atoms with van der Waals surface area (Å²) in [5.41, 5.74) is 1.62. The Morgan fingerprint density at radius 1 is 1.36 bits per heavy atom. The highest BCUT2D eigenvalue weighted by Crippen LogP contribution is 2.33. The molecule has 2 aliphatic rings. The van der Waals surface area contributed by atoms with E-state index < -0.39 is 6.17 Å².